The highest BCUT2D eigenvalue weighted by molar-refractivity contribution is 7.89. The summed E-state index contributed by atoms with van der Waals surface area (Å²) in [6.07, 6.45) is 0.554. The molecule has 2 amide bonds. The number of ether oxygens (including phenoxy) is 2. The van der Waals surface area contributed by atoms with E-state index in [9.17, 15) is 18.0 Å². The molecule has 3 heterocycles. The van der Waals surface area contributed by atoms with Gasteiger partial charge in [-0.1, -0.05) is 0 Å². The van der Waals surface area contributed by atoms with Gasteiger partial charge in [0.15, 0.2) is 5.72 Å². The van der Waals surface area contributed by atoms with Crippen LogP contribution < -0.4 is 10.1 Å². The second kappa shape index (κ2) is 6.18. The summed E-state index contributed by atoms with van der Waals surface area (Å²) < 4.78 is 38.9. The van der Waals surface area contributed by atoms with Crippen molar-refractivity contribution in [3.63, 3.8) is 0 Å². The van der Waals surface area contributed by atoms with Gasteiger partial charge < -0.3 is 19.7 Å². The zero-order chi connectivity index (χ0) is 19.4. The normalized spacial score (nSPS) is 27.6. The third kappa shape index (κ3) is 2.47. The Balaban J connectivity index is 1.73. The second-order valence-corrected chi connectivity index (χ2v) is 8.66. The lowest BCUT2D eigenvalue weighted by molar-refractivity contribution is -0.136. The van der Waals surface area contributed by atoms with Crippen LogP contribution in [0.25, 0.3) is 0 Å². The van der Waals surface area contributed by atoms with Gasteiger partial charge in [0.2, 0.25) is 15.9 Å². The van der Waals surface area contributed by atoms with Gasteiger partial charge in [0.25, 0.3) is 5.91 Å². The third-order valence-electron chi connectivity index (χ3n) is 5.60. The summed E-state index contributed by atoms with van der Waals surface area (Å²) in [5, 5.41) is 2.48. The van der Waals surface area contributed by atoms with Crippen LogP contribution in [0.1, 0.15) is 23.2 Å². The lowest BCUT2D eigenvalue weighted by atomic mass is 10.1. The highest BCUT2D eigenvalue weighted by atomic mass is 32.2. The first kappa shape index (κ1) is 18.2. The maximum atomic E-state index is 13.3. The fraction of sp³-hybridized carbons (Fsp3) is 0.529. The summed E-state index contributed by atoms with van der Waals surface area (Å²) >= 11 is 0. The summed E-state index contributed by atoms with van der Waals surface area (Å²) in [5.41, 5.74) is -0.712. The topological polar surface area (TPSA) is 105 Å². The first-order valence-electron chi connectivity index (χ1n) is 8.71. The van der Waals surface area contributed by atoms with Crippen molar-refractivity contribution in [3.8, 4) is 5.75 Å². The Labute approximate surface area is 157 Å². The van der Waals surface area contributed by atoms with Crippen LogP contribution in [0.5, 0.6) is 5.75 Å². The number of nitrogens with zero attached hydrogens (tertiary/aromatic N) is 2. The molecule has 3 aliphatic heterocycles. The predicted molar refractivity (Wildman–Crippen MR) is 93.7 cm³/mol. The second-order valence-electron chi connectivity index (χ2n) is 6.77. The van der Waals surface area contributed by atoms with Crippen molar-refractivity contribution in [2.75, 3.05) is 33.9 Å². The molecule has 0 aliphatic carbocycles. The Bertz CT molecular complexity index is 917. The van der Waals surface area contributed by atoms with E-state index in [0.29, 0.717) is 19.6 Å². The lowest BCUT2D eigenvalue weighted by Gasteiger charge is -2.31. The summed E-state index contributed by atoms with van der Waals surface area (Å²) in [5.74, 6) is -0.242. The molecule has 0 bridgehead atoms. The van der Waals surface area contributed by atoms with Crippen LogP contribution in [0.3, 0.4) is 0 Å². The summed E-state index contributed by atoms with van der Waals surface area (Å²) in [7, 11) is -1.04. The predicted octanol–water partition coefficient (Wildman–Crippen LogP) is -0.223. The maximum Gasteiger partial charge on any atom is 0.254 e. The van der Waals surface area contributed by atoms with Crippen LogP contribution in [0.15, 0.2) is 23.1 Å². The van der Waals surface area contributed by atoms with Crippen LogP contribution in [-0.4, -0.2) is 75.1 Å². The van der Waals surface area contributed by atoms with Gasteiger partial charge in [0.1, 0.15) is 5.75 Å². The fourth-order valence-electron chi connectivity index (χ4n) is 4.34. The molecule has 27 heavy (non-hydrogen) atoms. The number of benzene rings is 1. The number of methoxy groups -OCH3 is 1. The molecule has 3 aliphatic rings. The van der Waals surface area contributed by atoms with Crippen molar-refractivity contribution in [2.45, 2.75) is 29.5 Å². The monoisotopic (exact) mass is 395 g/mol. The van der Waals surface area contributed by atoms with Gasteiger partial charge in [0.05, 0.1) is 30.2 Å². The van der Waals surface area contributed by atoms with E-state index in [1.807, 2.05) is 0 Å². The zero-order valence-corrected chi connectivity index (χ0v) is 15.9. The minimum Gasteiger partial charge on any atom is -0.496 e. The summed E-state index contributed by atoms with van der Waals surface area (Å²) in [6.45, 7) is 1.17. The van der Waals surface area contributed by atoms with Crippen molar-refractivity contribution in [1.82, 2.24) is 14.5 Å². The van der Waals surface area contributed by atoms with E-state index in [0.717, 1.165) is 0 Å². The molecule has 146 valence electrons. The van der Waals surface area contributed by atoms with Gasteiger partial charge >= 0.3 is 0 Å². The van der Waals surface area contributed by atoms with E-state index in [4.69, 9.17) is 9.47 Å². The molecular formula is C17H21N3O6S. The molecule has 3 fully saturated rings. The number of rotatable bonds is 4. The van der Waals surface area contributed by atoms with Crippen molar-refractivity contribution in [3.05, 3.63) is 23.8 Å². The molecule has 10 heteroatoms. The molecule has 0 unspecified atom stereocenters. The molecule has 1 aromatic rings. The largest absolute Gasteiger partial charge is 0.496 e. The van der Waals surface area contributed by atoms with E-state index in [1.54, 1.807) is 4.90 Å². The summed E-state index contributed by atoms with van der Waals surface area (Å²) in [6, 6.07) is 3.63. The van der Waals surface area contributed by atoms with E-state index in [1.165, 1.54) is 36.7 Å². The number of sulfonamides is 1. The average molecular weight is 395 g/mol. The minimum absolute atomic E-state index is 0.0113. The van der Waals surface area contributed by atoms with Crippen molar-refractivity contribution in [1.29, 1.82) is 0 Å². The van der Waals surface area contributed by atoms with Crippen molar-refractivity contribution < 1.29 is 27.5 Å². The van der Waals surface area contributed by atoms with E-state index >= 15 is 0 Å². The van der Waals surface area contributed by atoms with Crippen LogP contribution in [0.4, 0.5) is 0 Å². The Morgan fingerprint density at radius 2 is 2.15 bits per heavy atom. The number of hydrogen-bond acceptors (Lipinski definition) is 6. The summed E-state index contributed by atoms with van der Waals surface area (Å²) in [4.78, 5) is 26.0. The van der Waals surface area contributed by atoms with Gasteiger partial charge in [0, 0.05) is 33.0 Å². The van der Waals surface area contributed by atoms with Crippen molar-refractivity contribution in [2.24, 2.45) is 0 Å². The molecule has 0 aromatic heterocycles. The van der Waals surface area contributed by atoms with Crippen LogP contribution in [-0.2, 0) is 19.6 Å². The first-order valence-corrected chi connectivity index (χ1v) is 10.2. The Hall–Kier alpha value is -2.17. The Morgan fingerprint density at radius 3 is 2.85 bits per heavy atom. The molecule has 2 atom stereocenters. The number of hydrogen-bond donors (Lipinski definition) is 1. The smallest absolute Gasteiger partial charge is 0.254 e. The minimum atomic E-state index is -3.91. The van der Waals surface area contributed by atoms with Gasteiger partial charge in [-0.15, -0.1) is 0 Å². The molecule has 3 saturated heterocycles. The fourth-order valence-corrected chi connectivity index (χ4v) is 6.02. The molecule has 1 spiro atoms. The molecule has 0 saturated carbocycles. The molecule has 1 aromatic carbocycles. The highest BCUT2D eigenvalue weighted by Crippen LogP contribution is 2.47. The molecule has 9 nitrogen and oxygen atoms in total. The zero-order valence-electron chi connectivity index (χ0n) is 15.1. The molecule has 4 rings (SSSR count). The van der Waals surface area contributed by atoms with E-state index in [2.05, 4.69) is 5.32 Å². The van der Waals surface area contributed by atoms with Crippen LogP contribution >= 0.6 is 0 Å². The SMILES string of the molecule is CNC(=O)c1cc(S(=O)(=O)N2CC[C@@]34OCCN3C(=O)C[C@@H]24)ccc1OC. The van der Waals surface area contributed by atoms with E-state index in [-0.39, 0.29) is 35.1 Å². The van der Waals surface area contributed by atoms with Crippen LogP contribution in [0, 0.1) is 0 Å². The number of amides is 2. The lowest BCUT2D eigenvalue weighted by Crippen LogP contribution is -2.48. The van der Waals surface area contributed by atoms with Gasteiger partial charge in [-0.2, -0.15) is 4.31 Å². The number of carbonyl (C=O) groups excluding carboxylic acids is 2. The Kier molecular flexibility index (Phi) is 4.17. The van der Waals surface area contributed by atoms with Gasteiger partial charge in [-0.05, 0) is 18.2 Å². The number of nitrogens with one attached hydrogen (secondary N) is 1. The van der Waals surface area contributed by atoms with Crippen LogP contribution in [0.2, 0.25) is 0 Å². The van der Waals surface area contributed by atoms with E-state index < -0.39 is 27.7 Å². The molecular weight excluding hydrogens is 374 g/mol. The van der Waals surface area contributed by atoms with Crippen molar-refractivity contribution >= 4 is 21.8 Å². The maximum absolute atomic E-state index is 13.3. The average Bonchev–Trinajstić information content (AvgIpc) is 3.31. The Morgan fingerprint density at radius 1 is 1.37 bits per heavy atom. The number of carbonyl (C=O) groups is 2. The quantitative estimate of drug-likeness (QED) is 0.756. The third-order valence-corrected chi connectivity index (χ3v) is 7.50. The molecule has 0 radical (unpaired) electrons. The first-order chi connectivity index (χ1) is 12.8. The molecule has 1 N–H and O–H groups in total. The van der Waals surface area contributed by atoms with Gasteiger partial charge in [-0.25, -0.2) is 8.42 Å². The standard InChI is InChI=1S/C17H21N3O6S/c1-18-16(22)12-9-11(3-4-13(12)25-2)27(23,24)20-6-5-17-14(20)10-15(21)19(17)7-8-26-17/h3-4,9,14H,5-8,10H2,1-2H3,(H,18,22)/t14-,17+/m1/s1. The van der Waals surface area contributed by atoms with Gasteiger partial charge in [-0.3, -0.25) is 9.59 Å². The highest BCUT2D eigenvalue weighted by Gasteiger charge is 2.64.